The van der Waals surface area contributed by atoms with Gasteiger partial charge in [0.2, 0.25) is 17.8 Å². The van der Waals surface area contributed by atoms with Crippen LogP contribution in [0.25, 0.3) is 0 Å². The average Bonchev–Trinajstić information content (AvgIpc) is 2.85. The smallest absolute Gasteiger partial charge is 0.269 e. The molecule has 34 heavy (non-hydrogen) atoms. The zero-order valence-corrected chi connectivity index (χ0v) is 17.7. The number of ether oxygens (including phenoxy) is 1. The van der Waals surface area contributed by atoms with Gasteiger partial charge in [-0.25, -0.2) is 5.43 Å². The summed E-state index contributed by atoms with van der Waals surface area (Å²) in [6.45, 7) is 2.29. The van der Waals surface area contributed by atoms with Crippen molar-refractivity contribution in [3.63, 3.8) is 0 Å². The van der Waals surface area contributed by atoms with Crippen LogP contribution in [0, 0.1) is 20.2 Å². The molecular weight excluding hydrogens is 446 g/mol. The van der Waals surface area contributed by atoms with E-state index in [1.54, 1.807) is 24.3 Å². The lowest BCUT2D eigenvalue weighted by Gasteiger charge is -2.27. The predicted octanol–water partition coefficient (Wildman–Crippen LogP) is 2.71. The van der Waals surface area contributed by atoms with Gasteiger partial charge in [-0.15, -0.1) is 0 Å². The largest absolute Gasteiger partial charge is 0.378 e. The SMILES string of the molecule is O=[N+]([O-])c1ccc(C=NNc2nc(Nc3ccc([N+](=O)[O-])cc3)nc(N3CCOCC3)n2)cc1. The molecule has 0 amide bonds. The minimum atomic E-state index is -0.478. The van der Waals surface area contributed by atoms with Gasteiger partial charge >= 0.3 is 0 Å². The number of hydrogen-bond acceptors (Lipinski definition) is 12. The van der Waals surface area contributed by atoms with Crippen molar-refractivity contribution in [2.24, 2.45) is 5.10 Å². The quantitative estimate of drug-likeness (QED) is 0.284. The van der Waals surface area contributed by atoms with E-state index in [4.69, 9.17) is 4.74 Å². The minimum Gasteiger partial charge on any atom is -0.378 e. The molecule has 2 heterocycles. The van der Waals surface area contributed by atoms with Crippen LogP contribution < -0.4 is 15.6 Å². The van der Waals surface area contributed by atoms with Crippen molar-refractivity contribution >= 4 is 41.1 Å². The van der Waals surface area contributed by atoms with Crippen LogP contribution in [-0.2, 0) is 4.74 Å². The summed E-state index contributed by atoms with van der Waals surface area (Å²) in [6.07, 6.45) is 1.48. The highest BCUT2D eigenvalue weighted by Gasteiger charge is 2.17. The van der Waals surface area contributed by atoms with Gasteiger partial charge in [0.25, 0.3) is 11.4 Å². The number of rotatable bonds is 8. The van der Waals surface area contributed by atoms with Gasteiger partial charge in [-0.05, 0) is 29.8 Å². The topological polar surface area (TPSA) is 174 Å². The highest BCUT2D eigenvalue weighted by Crippen LogP contribution is 2.21. The normalized spacial score (nSPS) is 13.6. The van der Waals surface area contributed by atoms with Crippen LogP contribution in [0.5, 0.6) is 0 Å². The second-order valence-electron chi connectivity index (χ2n) is 7.03. The summed E-state index contributed by atoms with van der Waals surface area (Å²) in [6, 6.07) is 11.8. The second-order valence-corrected chi connectivity index (χ2v) is 7.03. The third kappa shape index (κ3) is 5.74. The van der Waals surface area contributed by atoms with Gasteiger partial charge in [0.15, 0.2) is 0 Å². The number of benzene rings is 2. The lowest BCUT2D eigenvalue weighted by Crippen LogP contribution is -2.37. The van der Waals surface area contributed by atoms with Gasteiger partial charge in [0.1, 0.15) is 0 Å². The van der Waals surface area contributed by atoms with Crippen molar-refractivity contribution in [3.8, 4) is 0 Å². The van der Waals surface area contributed by atoms with Crippen LogP contribution in [0.15, 0.2) is 53.6 Å². The maximum Gasteiger partial charge on any atom is 0.269 e. The lowest BCUT2D eigenvalue weighted by atomic mass is 10.2. The van der Waals surface area contributed by atoms with Crippen LogP contribution in [-0.4, -0.2) is 57.3 Å². The molecule has 0 aliphatic carbocycles. The van der Waals surface area contributed by atoms with Crippen LogP contribution in [0.1, 0.15) is 5.56 Å². The lowest BCUT2D eigenvalue weighted by molar-refractivity contribution is -0.385. The average molecular weight is 465 g/mol. The number of nitro benzene ring substituents is 2. The zero-order valence-electron chi connectivity index (χ0n) is 17.7. The molecule has 0 atom stereocenters. The molecule has 1 aliphatic heterocycles. The first kappa shape index (κ1) is 22.5. The van der Waals surface area contributed by atoms with E-state index in [2.05, 4.69) is 30.8 Å². The molecule has 174 valence electrons. The molecule has 14 nitrogen and oxygen atoms in total. The fraction of sp³-hybridized carbons (Fsp3) is 0.200. The highest BCUT2D eigenvalue weighted by atomic mass is 16.6. The summed E-state index contributed by atoms with van der Waals surface area (Å²) in [7, 11) is 0. The summed E-state index contributed by atoms with van der Waals surface area (Å²) in [5.41, 5.74) is 3.91. The maximum atomic E-state index is 10.9. The molecule has 3 aromatic rings. The molecule has 1 aromatic heterocycles. The highest BCUT2D eigenvalue weighted by molar-refractivity contribution is 5.80. The van der Waals surface area contributed by atoms with Gasteiger partial charge in [-0.3, -0.25) is 20.2 Å². The van der Waals surface area contributed by atoms with Crippen LogP contribution in [0.2, 0.25) is 0 Å². The third-order valence-corrected chi connectivity index (χ3v) is 4.73. The van der Waals surface area contributed by atoms with E-state index in [1.165, 1.54) is 30.5 Å². The summed E-state index contributed by atoms with van der Waals surface area (Å²) >= 11 is 0. The monoisotopic (exact) mass is 465 g/mol. The Morgan fingerprint density at radius 1 is 0.882 bits per heavy atom. The van der Waals surface area contributed by atoms with E-state index in [1.807, 2.05) is 4.90 Å². The Morgan fingerprint density at radius 3 is 2.09 bits per heavy atom. The number of nitrogens with one attached hydrogen (secondary N) is 2. The number of hydrazone groups is 1. The first-order valence-corrected chi connectivity index (χ1v) is 10.1. The van der Waals surface area contributed by atoms with Crippen molar-refractivity contribution < 1.29 is 14.6 Å². The number of nitro groups is 2. The first-order chi connectivity index (χ1) is 16.5. The fourth-order valence-electron chi connectivity index (χ4n) is 3.02. The van der Waals surface area contributed by atoms with E-state index < -0.39 is 9.85 Å². The molecule has 2 N–H and O–H groups in total. The molecular formula is C20H19N9O5. The molecule has 0 bridgehead atoms. The number of anilines is 4. The third-order valence-electron chi connectivity index (χ3n) is 4.73. The van der Waals surface area contributed by atoms with Gasteiger partial charge in [0.05, 0.1) is 29.3 Å². The van der Waals surface area contributed by atoms with E-state index in [0.717, 1.165) is 0 Å². The van der Waals surface area contributed by atoms with Crippen molar-refractivity contribution in [2.75, 3.05) is 41.9 Å². The molecule has 0 spiro atoms. The molecule has 2 aromatic carbocycles. The molecule has 0 saturated carbocycles. The van der Waals surface area contributed by atoms with Crippen molar-refractivity contribution in [1.82, 2.24) is 15.0 Å². The minimum absolute atomic E-state index is 0.0142. The molecule has 1 fully saturated rings. The zero-order chi connectivity index (χ0) is 23.9. The molecule has 0 radical (unpaired) electrons. The summed E-state index contributed by atoms with van der Waals surface area (Å²) in [4.78, 5) is 35.8. The van der Waals surface area contributed by atoms with E-state index >= 15 is 0 Å². The van der Waals surface area contributed by atoms with E-state index in [9.17, 15) is 20.2 Å². The summed E-state index contributed by atoms with van der Waals surface area (Å²) < 4.78 is 5.38. The summed E-state index contributed by atoms with van der Waals surface area (Å²) in [5.74, 6) is 0.799. The Bertz CT molecular complexity index is 1200. The Morgan fingerprint density at radius 2 is 1.47 bits per heavy atom. The fourth-order valence-corrected chi connectivity index (χ4v) is 3.02. The Hall–Kier alpha value is -4.72. The van der Waals surface area contributed by atoms with Crippen LogP contribution in [0.4, 0.5) is 34.9 Å². The molecule has 14 heteroatoms. The van der Waals surface area contributed by atoms with Crippen molar-refractivity contribution in [3.05, 3.63) is 74.3 Å². The molecule has 1 aliphatic rings. The number of nitrogens with zero attached hydrogens (tertiary/aromatic N) is 7. The number of hydrogen-bond donors (Lipinski definition) is 2. The Labute approximate surface area is 192 Å². The second kappa shape index (κ2) is 10.3. The van der Waals surface area contributed by atoms with Crippen LogP contribution >= 0.6 is 0 Å². The standard InChI is InChI=1S/C20H19N9O5/c30-28(31)16-5-1-14(2-6-16)13-21-26-19-23-18(22-15-3-7-17(8-4-15)29(32)33)24-20(25-19)27-9-11-34-12-10-27/h1-8,13H,9-12H2,(H2,22,23,24,25,26). The first-order valence-electron chi connectivity index (χ1n) is 10.1. The summed E-state index contributed by atoms with van der Waals surface area (Å²) in [5, 5.41) is 28.8. The van der Waals surface area contributed by atoms with E-state index in [-0.39, 0.29) is 23.3 Å². The number of morpholine rings is 1. The van der Waals surface area contributed by atoms with Crippen molar-refractivity contribution in [1.29, 1.82) is 0 Å². The molecule has 0 unspecified atom stereocenters. The Balaban J connectivity index is 1.54. The van der Waals surface area contributed by atoms with Gasteiger partial charge in [-0.1, -0.05) is 0 Å². The van der Waals surface area contributed by atoms with Crippen LogP contribution in [0.3, 0.4) is 0 Å². The predicted molar refractivity (Wildman–Crippen MR) is 124 cm³/mol. The maximum absolute atomic E-state index is 10.9. The van der Waals surface area contributed by atoms with Gasteiger partial charge < -0.3 is 15.0 Å². The molecule has 4 rings (SSSR count). The van der Waals surface area contributed by atoms with Gasteiger partial charge in [-0.2, -0.15) is 20.1 Å². The van der Waals surface area contributed by atoms with Gasteiger partial charge in [0, 0.05) is 43.0 Å². The molecule has 1 saturated heterocycles. The number of non-ortho nitro benzene ring substituents is 2. The van der Waals surface area contributed by atoms with E-state index in [0.29, 0.717) is 43.5 Å². The Kier molecular flexibility index (Phi) is 6.78. The number of aromatic nitrogens is 3. The van der Waals surface area contributed by atoms with Crippen molar-refractivity contribution in [2.45, 2.75) is 0 Å².